The zero-order valence-electron chi connectivity index (χ0n) is 16.2. The molecule has 4 aromatic rings. The minimum Gasteiger partial charge on any atom is -0.318 e. The number of alkyl halides is 2. The second-order valence-electron chi connectivity index (χ2n) is 7.45. The Morgan fingerprint density at radius 2 is 2.06 bits per heavy atom. The number of hydrogen-bond acceptors (Lipinski definition) is 4. The number of carbonyl (C=O) groups is 1. The molecular formula is C21H17ClF2N6O. The molecule has 1 saturated carbocycles. The van der Waals surface area contributed by atoms with Crippen LogP contribution in [0.5, 0.6) is 0 Å². The molecule has 31 heavy (non-hydrogen) atoms. The van der Waals surface area contributed by atoms with Gasteiger partial charge in [-0.3, -0.25) is 9.48 Å². The molecule has 5 rings (SSSR count). The van der Waals surface area contributed by atoms with Gasteiger partial charge in [0.1, 0.15) is 5.69 Å². The molecule has 0 spiro atoms. The fraction of sp³-hybridized carbons (Fsp3) is 0.238. The largest absolute Gasteiger partial charge is 0.318 e. The second kappa shape index (κ2) is 7.73. The molecule has 158 valence electrons. The number of hydrogen-bond donors (Lipinski definition) is 1. The highest BCUT2D eigenvalue weighted by molar-refractivity contribution is 6.31. The number of fused-ring (bicyclic) bond motifs is 1. The van der Waals surface area contributed by atoms with E-state index in [1.807, 2.05) is 18.2 Å². The van der Waals surface area contributed by atoms with E-state index in [1.165, 1.54) is 18.3 Å². The summed E-state index contributed by atoms with van der Waals surface area (Å²) in [5.74, 6) is -0.324. The standard InChI is InChI=1S/C21H17ClF2N6O/c22-15-4-2-1-3-13(15)10-29-11-14(9-25-29)26-21(31)17-8-19-27-16(12-5-6-12)7-18(20(23)24)30(19)28-17/h1-4,7-9,11-12,20H,5-6,10H2,(H,26,31). The van der Waals surface area contributed by atoms with Gasteiger partial charge in [0.15, 0.2) is 11.3 Å². The van der Waals surface area contributed by atoms with E-state index in [4.69, 9.17) is 11.6 Å². The summed E-state index contributed by atoms with van der Waals surface area (Å²) in [6.07, 6.45) is 2.31. The van der Waals surface area contributed by atoms with Crippen molar-refractivity contribution >= 4 is 28.8 Å². The van der Waals surface area contributed by atoms with E-state index in [2.05, 4.69) is 20.5 Å². The van der Waals surface area contributed by atoms with E-state index in [0.717, 1.165) is 22.9 Å². The third-order valence-electron chi connectivity index (χ3n) is 5.11. The first-order valence-electron chi connectivity index (χ1n) is 9.74. The van der Waals surface area contributed by atoms with Crippen molar-refractivity contribution in [2.45, 2.75) is 31.7 Å². The molecule has 1 aliphatic rings. The van der Waals surface area contributed by atoms with E-state index in [1.54, 1.807) is 16.9 Å². The summed E-state index contributed by atoms with van der Waals surface area (Å²) in [6.45, 7) is 0.440. The Kier molecular flexibility index (Phi) is 4.90. The van der Waals surface area contributed by atoms with Gasteiger partial charge in [0.2, 0.25) is 0 Å². The van der Waals surface area contributed by atoms with Gasteiger partial charge in [-0.25, -0.2) is 18.3 Å². The van der Waals surface area contributed by atoms with Crippen LogP contribution in [0.4, 0.5) is 14.5 Å². The van der Waals surface area contributed by atoms with Crippen LogP contribution in [0.2, 0.25) is 5.02 Å². The van der Waals surface area contributed by atoms with Crippen LogP contribution in [0.25, 0.3) is 5.65 Å². The SMILES string of the molecule is O=C(Nc1cnn(Cc2ccccc2Cl)c1)c1cc2nc(C3CC3)cc(C(F)F)n2n1. The lowest BCUT2D eigenvalue weighted by Gasteiger charge is -2.06. The molecule has 3 aromatic heterocycles. The summed E-state index contributed by atoms with van der Waals surface area (Å²) >= 11 is 6.17. The highest BCUT2D eigenvalue weighted by atomic mass is 35.5. The molecule has 3 heterocycles. The number of halogens is 3. The molecule has 1 fully saturated rings. The van der Waals surface area contributed by atoms with Crippen LogP contribution in [-0.2, 0) is 6.54 Å². The predicted octanol–water partition coefficient (Wildman–Crippen LogP) is 4.69. The van der Waals surface area contributed by atoms with Gasteiger partial charge >= 0.3 is 0 Å². The average molecular weight is 443 g/mol. The molecule has 0 atom stereocenters. The number of nitrogens with zero attached hydrogens (tertiary/aromatic N) is 5. The van der Waals surface area contributed by atoms with Crippen molar-refractivity contribution in [1.29, 1.82) is 0 Å². The second-order valence-corrected chi connectivity index (χ2v) is 7.86. The number of anilines is 1. The quantitative estimate of drug-likeness (QED) is 0.469. The van der Waals surface area contributed by atoms with E-state index in [0.29, 0.717) is 22.9 Å². The molecular weight excluding hydrogens is 426 g/mol. The number of aromatic nitrogens is 5. The highest BCUT2D eigenvalue weighted by Gasteiger charge is 2.28. The molecule has 0 bridgehead atoms. The van der Waals surface area contributed by atoms with Crippen molar-refractivity contribution in [2.24, 2.45) is 0 Å². The molecule has 0 saturated heterocycles. The van der Waals surface area contributed by atoms with E-state index in [-0.39, 0.29) is 23.0 Å². The number of benzene rings is 1. The van der Waals surface area contributed by atoms with Crippen LogP contribution in [0, 0.1) is 0 Å². The number of rotatable bonds is 6. The Labute approximate surface area is 180 Å². The number of amides is 1. The van der Waals surface area contributed by atoms with Gasteiger partial charge in [-0.1, -0.05) is 29.8 Å². The maximum Gasteiger partial charge on any atom is 0.280 e. The van der Waals surface area contributed by atoms with Crippen molar-refractivity contribution in [3.05, 3.63) is 76.5 Å². The molecule has 0 radical (unpaired) electrons. The highest BCUT2D eigenvalue weighted by Crippen LogP contribution is 2.40. The lowest BCUT2D eigenvalue weighted by atomic mass is 10.2. The molecule has 10 heteroatoms. The van der Waals surface area contributed by atoms with Crippen LogP contribution in [0.1, 0.15) is 52.6 Å². The van der Waals surface area contributed by atoms with E-state index >= 15 is 0 Å². The summed E-state index contributed by atoms with van der Waals surface area (Å²) < 4.78 is 29.7. The van der Waals surface area contributed by atoms with Crippen molar-refractivity contribution < 1.29 is 13.6 Å². The van der Waals surface area contributed by atoms with Gasteiger partial charge in [0.25, 0.3) is 12.3 Å². The van der Waals surface area contributed by atoms with Crippen LogP contribution >= 0.6 is 11.6 Å². The first kappa shape index (κ1) is 19.6. The Balaban J connectivity index is 1.36. The van der Waals surface area contributed by atoms with Crippen LogP contribution in [0.3, 0.4) is 0 Å². The third-order valence-corrected chi connectivity index (χ3v) is 5.48. The van der Waals surface area contributed by atoms with E-state index < -0.39 is 12.3 Å². The van der Waals surface area contributed by atoms with Gasteiger partial charge < -0.3 is 5.32 Å². The molecule has 1 aromatic carbocycles. The van der Waals surface area contributed by atoms with Crippen LogP contribution in [0.15, 0.2) is 48.8 Å². The maximum atomic E-state index is 13.5. The zero-order valence-corrected chi connectivity index (χ0v) is 16.9. The Morgan fingerprint density at radius 1 is 1.26 bits per heavy atom. The molecule has 0 aliphatic heterocycles. The summed E-state index contributed by atoms with van der Waals surface area (Å²) in [5, 5.41) is 11.6. The Morgan fingerprint density at radius 3 is 2.81 bits per heavy atom. The van der Waals surface area contributed by atoms with Gasteiger partial charge in [-0.2, -0.15) is 10.2 Å². The summed E-state index contributed by atoms with van der Waals surface area (Å²) in [5.41, 5.74) is 1.94. The van der Waals surface area contributed by atoms with Crippen LogP contribution < -0.4 is 5.32 Å². The van der Waals surface area contributed by atoms with E-state index in [9.17, 15) is 13.6 Å². The third kappa shape index (κ3) is 4.00. The van der Waals surface area contributed by atoms with Crippen molar-refractivity contribution in [3.8, 4) is 0 Å². The monoisotopic (exact) mass is 442 g/mol. The fourth-order valence-electron chi connectivity index (χ4n) is 3.38. The maximum absolute atomic E-state index is 13.5. The number of nitrogens with one attached hydrogen (secondary N) is 1. The van der Waals surface area contributed by atoms with Gasteiger partial charge in [-0.05, 0) is 30.5 Å². The summed E-state index contributed by atoms with van der Waals surface area (Å²) in [7, 11) is 0. The lowest BCUT2D eigenvalue weighted by Crippen LogP contribution is -2.12. The Bertz CT molecular complexity index is 1280. The minimum absolute atomic E-state index is 0.00111. The Hall–Kier alpha value is -3.33. The molecule has 1 amide bonds. The molecule has 7 nitrogen and oxygen atoms in total. The van der Waals surface area contributed by atoms with Gasteiger partial charge in [0.05, 0.1) is 18.4 Å². The topological polar surface area (TPSA) is 77.1 Å². The number of carbonyl (C=O) groups excluding carboxylic acids is 1. The normalized spacial score (nSPS) is 13.8. The van der Waals surface area contributed by atoms with Gasteiger partial charge in [-0.15, -0.1) is 0 Å². The summed E-state index contributed by atoms with van der Waals surface area (Å²) in [6, 6.07) is 10.2. The summed E-state index contributed by atoms with van der Waals surface area (Å²) in [4.78, 5) is 17.1. The van der Waals surface area contributed by atoms with Crippen molar-refractivity contribution in [2.75, 3.05) is 5.32 Å². The first-order valence-corrected chi connectivity index (χ1v) is 10.1. The predicted molar refractivity (Wildman–Crippen MR) is 111 cm³/mol. The molecule has 0 unspecified atom stereocenters. The minimum atomic E-state index is -2.72. The van der Waals surface area contributed by atoms with Crippen LogP contribution in [-0.4, -0.2) is 30.3 Å². The molecule has 1 aliphatic carbocycles. The van der Waals surface area contributed by atoms with Gasteiger partial charge in [0, 0.05) is 28.9 Å². The zero-order chi connectivity index (χ0) is 21.5. The lowest BCUT2D eigenvalue weighted by molar-refractivity contribution is 0.102. The first-order chi connectivity index (χ1) is 15.0. The van der Waals surface area contributed by atoms with Crippen molar-refractivity contribution in [3.63, 3.8) is 0 Å². The van der Waals surface area contributed by atoms with Crippen molar-refractivity contribution in [1.82, 2.24) is 24.4 Å². The smallest absolute Gasteiger partial charge is 0.280 e. The fourth-order valence-corrected chi connectivity index (χ4v) is 3.58. The molecule has 1 N–H and O–H groups in total. The average Bonchev–Trinajstić information content (AvgIpc) is 3.36.